The molecular formula is C19H18N2O2. The second kappa shape index (κ2) is 5.72. The second-order valence-corrected chi connectivity index (χ2v) is 5.72. The molecule has 0 bridgehead atoms. The molecular weight excluding hydrogens is 288 g/mol. The lowest BCUT2D eigenvalue weighted by Crippen LogP contribution is -2.13. The van der Waals surface area contributed by atoms with Crippen LogP contribution in [0.15, 0.2) is 48.7 Å². The van der Waals surface area contributed by atoms with Crippen LogP contribution in [0.4, 0.5) is 5.69 Å². The highest BCUT2D eigenvalue weighted by molar-refractivity contribution is 6.14. The molecule has 4 nitrogen and oxygen atoms in total. The molecule has 0 aliphatic rings. The summed E-state index contributed by atoms with van der Waals surface area (Å²) in [5, 5.41) is 3.72. The Morgan fingerprint density at radius 1 is 1.04 bits per heavy atom. The van der Waals surface area contributed by atoms with Crippen LogP contribution in [0.25, 0.3) is 10.9 Å². The van der Waals surface area contributed by atoms with E-state index in [-0.39, 0.29) is 11.8 Å². The molecule has 1 aromatic heterocycles. The Kier molecular flexibility index (Phi) is 3.74. The molecule has 0 fully saturated rings. The maximum atomic E-state index is 12.7. The fourth-order valence-electron chi connectivity index (χ4n) is 2.68. The largest absolute Gasteiger partial charge is 0.322 e. The zero-order chi connectivity index (χ0) is 16.6. The van der Waals surface area contributed by atoms with Crippen LogP contribution >= 0.6 is 0 Å². The van der Waals surface area contributed by atoms with Gasteiger partial charge in [-0.15, -0.1) is 0 Å². The maximum absolute atomic E-state index is 12.7. The molecule has 1 amide bonds. The average Bonchev–Trinajstić information content (AvgIpc) is 2.91. The second-order valence-electron chi connectivity index (χ2n) is 5.72. The van der Waals surface area contributed by atoms with Crippen LogP contribution in [0.3, 0.4) is 0 Å². The van der Waals surface area contributed by atoms with Crippen molar-refractivity contribution in [2.24, 2.45) is 0 Å². The maximum Gasteiger partial charge on any atom is 0.257 e. The van der Waals surface area contributed by atoms with Crippen molar-refractivity contribution in [2.45, 2.75) is 20.8 Å². The highest BCUT2D eigenvalue weighted by atomic mass is 16.2. The van der Waals surface area contributed by atoms with E-state index in [1.54, 1.807) is 6.20 Å². The zero-order valence-corrected chi connectivity index (χ0v) is 13.4. The first-order chi connectivity index (χ1) is 11.0. The van der Waals surface area contributed by atoms with E-state index in [4.69, 9.17) is 0 Å². The summed E-state index contributed by atoms with van der Waals surface area (Å²) >= 11 is 0. The predicted octanol–water partition coefficient (Wildman–Crippen LogP) is 4.17. The zero-order valence-electron chi connectivity index (χ0n) is 13.4. The number of anilines is 1. The lowest BCUT2D eigenvalue weighted by atomic mass is 10.1. The van der Waals surface area contributed by atoms with Crippen molar-refractivity contribution in [1.82, 2.24) is 4.57 Å². The molecule has 0 saturated heterocycles. The van der Waals surface area contributed by atoms with E-state index < -0.39 is 0 Å². The topological polar surface area (TPSA) is 51.1 Å². The number of benzene rings is 2. The number of hydrogen-bond donors (Lipinski definition) is 1. The van der Waals surface area contributed by atoms with Gasteiger partial charge in [-0.2, -0.15) is 0 Å². The van der Waals surface area contributed by atoms with Crippen molar-refractivity contribution in [3.63, 3.8) is 0 Å². The third-order valence-corrected chi connectivity index (χ3v) is 3.94. The summed E-state index contributed by atoms with van der Waals surface area (Å²) in [4.78, 5) is 24.5. The number of nitrogens with one attached hydrogen (secondary N) is 1. The molecule has 3 aromatic rings. The van der Waals surface area contributed by atoms with Crippen molar-refractivity contribution in [2.75, 3.05) is 5.32 Å². The molecule has 0 spiro atoms. The number of para-hydroxylation sites is 1. The van der Waals surface area contributed by atoms with Crippen LogP contribution in [0.5, 0.6) is 0 Å². The van der Waals surface area contributed by atoms with Crippen molar-refractivity contribution in [1.29, 1.82) is 0 Å². The van der Waals surface area contributed by atoms with Crippen LogP contribution < -0.4 is 5.32 Å². The minimum atomic E-state index is -0.213. The van der Waals surface area contributed by atoms with Gasteiger partial charge in [0, 0.05) is 24.2 Å². The van der Waals surface area contributed by atoms with Gasteiger partial charge in [0.25, 0.3) is 5.91 Å². The van der Waals surface area contributed by atoms with Gasteiger partial charge in [-0.05, 0) is 37.1 Å². The molecule has 1 N–H and O–H groups in total. The van der Waals surface area contributed by atoms with Gasteiger partial charge in [0.1, 0.15) is 0 Å². The number of aromatic nitrogens is 1. The summed E-state index contributed by atoms with van der Waals surface area (Å²) in [6.45, 7) is 5.42. The summed E-state index contributed by atoms with van der Waals surface area (Å²) in [6.07, 6.45) is 1.60. The van der Waals surface area contributed by atoms with Crippen LogP contribution in [0.1, 0.15) is 33.2 Å². The smallest absolute Gasteiger partial charge is 0.257 e. The minimum Gasteiger partial charge on any atom is -0.322 e. The van der Waals surface area contributed by atoms with Gasteiger partial charge in [0.2, 0.25) is 5.91 Å². The van der Waals surface area contributed by atoms with E-state index in [9.17, 15) is 9.59 Å². The van der Waals surface area contributed by atoms with Gasteiger partial charge >= 0.3 is 0 Å². The number of carbonyl (C=O) groups excluding carboxylic acids is 2. The lowest BCUT2D eigenvalue weighted by Gasteiger charge is -2.08. The molecule has 4 heteroatoms. The highest BCUT2D eigenvalue weighted by Gasteiger charge is 2.17. The van der Waals surface area contributed by atoms with E-state index >= 15 is 0 Å². The monoisotopic (exact) mass is 306 g/mol. The molecule has 23 heavy (non-hydrogen) atoms. The predicted molar refractivity (Wildman–Crippen MR) is 92.1 cm³/mol. The number of aryl methyl sites for hydroxylation is 2. The standard InChI is InChI=1S/C19H18N2O2/c1-12-8-9-13(2)17(10-12)20-19(23)16-11-21(14(3)22)18-7-5-4-6-15(16)18/h4-11H,1-3H3,(H,20,23). The number of carbonyl (C=O) groups is 2. The van der Waals surface area contributed by atoms with Crippen LogP contribution in [0.2, 0.25) is 0 Å². The SMILES string of the molecule is CC(=O)n1cc(C(=O)Nc2cc(C)ccc2C)c2ccccc21. The van der Waals surface area contributed by atoms with E-state index in [2.05, 4.69) is 5.32 Å². The Balaban J connectivity index is 2.05. The van der Waals surface area contributed by atoms with Crippen molar-refractivity contribution < 1.29 is 9.59 Å². The molecule has 0 aliphatic heterocycles. The summed E-state index contributed by atoms with van der Waals surface area (Å²) in [7, 11) is 0. The number of nitrogens with zero attached hydrogens (tertiary/aromatic N) is 1. The fourth-order valence-corrected chi connectivity index (χ4v) is 2.68. The average molecular weight is 306 g/mol. The van der Waals surface area contributed by atoms with Gasteiger partial charge in [0.15, 0.2) is 0 Å². The lowest BCUT2D eigenvalue weighted by molar-refractivity contribution is 0.0941. The molecule has 0 atom stereocenters. The van der Waals surface area contributed by atoms with E-state index in [1.165, 1.54) is 11.5 Å². The van der Waals surface area contributed by atoms with Gasteiger partial charge < -0.3 is 5.32 Å². The van der Waals surface area contributed by atoms with Crippen molar-refractivity contribution in [3.05, 3.63) is 65.4 Å². The Hall–Kier alpha value is -2.88. The summed E-state index contributed by atoms with van der Waals surface area (Å²) < 4.78 is 1.51. The quantitative estimate of drug-likeness (QED) is 0.772. The first-order valence-electron chi connectivity index (χ1n) is 7.47. The Labute approximate surface area is 134 Å². The van der Waals surface area contributed by atoms with Gasteiger partial charge in [0.05, 0.1) is 11.1 Å². The van der Waals surface area contributed by atoms with E-state index in [0.717, 1.165) is 27.7 Å². The highest BCUT2D eigenvalue weighted by Crippen LogP contribution is 2.23. The minimum absolute atomic E-state index is 0.119. The molecule has 3 rings (SSSR count). The van der Waals surface area contributed by atoms with Gasteiger partial charge in [-0.25, -0.2) is 0 Å². The first-order valence-corrected chi connectivity index (χ1v) is 7.47. The normalized spacial score (nSPS) is 10.7. The molecule has 1 heterocycles. The fraction of sp³-hybridized carbons (Fsp3) is 0.158. The molecule has 0 aliphatic carbocycles. The van der Waals surface area contributed by atoms with E-state index in [0.29, 0.717) is 5.56 Å². The van der Waals surface area contributed by atoms with Crippen LogP contribution in [-0.2, 0) is 0 Å². The summed E-state index contributed by atoms with van der Waals surface area (Å²) in [5.41, 5.74) is 4.11. The number of rotatable bonds is 2. The third-order valence-electron chi connectivity index (χ3n) is 3.94. The van der Waals surface area contributed by atoms with Crippen molar-refractivity contribution in [3.8, 4) is 0 Å². The number of fused-ring (bicyclic) bond motifs is 1. The molecule has 0 saturated carbocycles. The summed E-state index contributed by atoms with van der Waals surface area (Å²) in [5.74, 6) is -0.332. The molecule has 0 radical (unpaired) electrons. The van der Waals surface area contributed by atoms with E-state index in [1.807, 2.05) is 56.3 Å². The number of amides is 1. The Bertz CT molecular complexity index is 922. The van der Waals surface area contributed by atoms with Gasteiger partial charge in [-0.1, -0.05) is 30.3 Å². The summed E-state index contributed by atoms with van der Waals surface area (Å²) in [6, 6.07) is 13.3. The molecule has 116 valence electrons. The van der Waals surface area contributed by atoms with Gasteiger partial charge in [-0.3, -0.25) is 14.2 Å². The van der Waals surface area contributed by atoms with Crippen LogP contribution in [-0.4, -0.2) is 16.4 Å². The Morgan fingerprint density at radius 3 is 2.52 bits per heavy atom. The molecule has 2 aromatic carbocycles. The van der Waals surface area contributed by atoms with Crippen molar-refractivity contribution >= 4 is 28.4 Å². The Morgan fingerprint density at radius 2 is 1.78 bits per heavy atom. The number of hydrogen-bond acceptors (Lipinski definition) is 2. The molecule has 0 unspecified atom stereocenters. The first kappa shape index (κ1) is 15.0. The van der Waals surface area contributed by atoms with Crippen LogP contribution in [0, 0.1) is 13.8 Å². The third kappa shape index (κ3) is 2.75.